The first kappa shape index (κ1) is 18.9. The van der Waals surface area contributed by atoms with Crippen molar-refractivity contribution in [2.45, 2.75) is 19.8 Å². The minimum absolute atomic E-state index is 0.170. The maximum Gasteiger partial charge on any atom is 0.257 e. The van der Waals surface area contributed by atoms with E-state index in [1.807, 2.05) is 48.5 Å². The average molecular weight is 364 g/mol. The number of nitrogens with zero attached hydrogens (tertiary/aromatic N) is 1. The van der Waals surface area contributed by atoms with Crippen LogP contribution < -0.4 is 5.32 Å². The number of carbonyl (C=O) groups is 1. The number of benzene rings is 2. The molecule has 5 nitrogen and oxygen atoms in total. The Morgan fingerprint density at radius 3 is 2.48 bits per heavy atom. The van der Waals surface area contributed by atoms with Crippen LogP contribution >= 0.6 is 0 Å². The van der Waals surface area contributed by atoms with E-state index in [9.17, 15) is 4.79 Å². The second-order valence-electron chi connectivity index (χ2n) is 6.29. The Kier molecular flexibility index (Phi) is 6.77. The predicted molar refractivity (Wildman–Crippen MR) is 105 cm³/mol. The summed E-state index contributed by atoms with van der Waals surface area (Å²) in [5.41, 5.74) is 3.20. The van der Waals surface area contributed by atoms with E-state index in [2.05, 4.69) is 22.6 Å². The molecule has 27 heavy (non-hydrogen) atoms. The lowest BCUT2D eigenvalue weighted by molar-refractivity contribution is 0.0941. The number of carbonyl (C=O) groups excluding carboxylic acids is 1. The number of aryl methyl sites for hydroxylation is 1. The summed E-state index contributed by atoms with van der Waals surface area (Å²) >= 11 is 0. The number of nitrogens with one attached hydrogen (secondary N) is 1. The summed E-state index contributed by atoms with van der Waals surface area (Å²) in [4.78, 5) is 12.5. The fourth-order valence-electron chi connectivity index (χ4n) is 2.83. The Hall–Kier alpha value is -2.92. The molecule has 140 valence electrons. The van der Waals surface area contributed by atoms with E-state index in [0.29, 0.717) is 36.8 Å². The lowest BCUT2D eigenvalue weighted by Gasteiger charge is -2.07. The third-order valence-corrected chi connectivity index (χ3v) is 4.27. The third-order valence-electron chi connectivity index (χ3n) is 4.27. The number of rotatable bonds is 9. The first-order valence-corrected chi connectivity index (χ1v) is 9.17. The minimum atomic E-state index is -0.170. The Morgan fingerprint density at radius 1 is 1.04 bits per heavy atom. The molecule has 3 aromatic rings. The van der Waals surface area contributed by atoms with Crippen molar-refractivity contribution < 1.29 is 14.1 Å². The van der Waals surface area contributed by atoms with Crippen molar-refractivity contribution in [2.75, 3.05) is 19.8 Å². The van der Waals surface area contributed by atoms with Gasteiger partial charge in [-0.1, -0.05) is 65.8 Å². The molecule has 0 radical (unpaired) electrons. The quantitative estimate of drug-likeness (QED) is 0.582. The van der Waals surface area contributed by atoms with E-state index in [0.717, 1.165) is 18.4 Å². The molecule has 0 bridgehead atoms. The van der Waals surface area contributed by atoms with Crippen molar-refractivity contribution in [2.24, 2.45) is 0 Å². The van der Waals surface area contributed by atoms with Gasteiger partial charge < -0.3 is 14.6 Å². The van der Waals surface area contributed by atoms with Crippen LogP contribution in [0, 0.1) is 6.92 Å². The summed E-state index contributed by atoms with van der Waals surface area (Å²) in [6.45, 7) is 3.59. The maximum atomic E-state index is 12.5. The summed E-state index contributed by atoms with van der Waals surface area (Å²) in [5.74, 6) is 0.349. The van der Waals surface area contributed by atoms with E-state index < -0.39 is 0 Å². The molecule has 0 fully saturated rings. The molecule has 3 rings (SSSR count). The zero-order chi connectivity index (χ0) is 18.9. The molecule has 1 amide bonds. The van der Waals surface area contributed by atoms with Crippen LogP contribution in [0.5, 0.6) is 0 Å². The predicted octanol–water partition coefficient (Wildman–Crippen LogP) is 4.03. The molecule has 1 heterocycles. The van der Waals surface area contributed by atoms with Gasteiger partial charge in [0.2, 0.25) is 0 Å². The molecule has 5 heteroatoms. The van der Waals surface area contributed by atoms with E-state index in [1.54, 1.807) is 6.92 Å². The maximum absolute atomic E-state index is 12.5. The number of hydrogen-bond acceptors (Lipinski definition) is 4. The van der Waals surface area contributed by atoms with Crippen molar-refractivity contribution in [3.63, 3.8) is 0 Å². The Balaban J connectivity index is 1.42. The highest BCUT2D eigenvalue weighted by Crippen LogP contribution is 2.24. The van der Waals surface area contributed by atoms with Gasteiger partial charge in [0.05, 0.1) is 6.61 Å². The van der Waals surface area contributed by atoms with Crippen molar-refractivity contribution in [1.29, 1.82) is 0 Å². The van der Waals surface area contributed by atoms with Gasteiger partial charge in [-0.2, -0.15) is 0 Å². The van der Waals surface area contributed by atoms with Crippen LogP contribution in [0.4, 0.5) is 0 Å². The molecule has 0 aliphatic carbocycles. The van der Waals surface area contributed by atoms with Crippen LogP contribution in [-0.2, 0) is 11.2 Å². The van der Waals surface area contributed by atoms with Crippen LogP contribution in [0.2, 0.25) is 0 Å². The van der Waals surface area contributed by atoms with Gasteiger partial charge in [-0.05, 0) is 25.3 Å². The first-order chi connectivity index (χ1) is 13.3. The Labute approximate surface area is 159 Å². The second-order valence-corrected chi connectivity index (χ2v) is 6.29. The molecule has 0 unspecified atom stereocenters. The van der Waals surface area contributed by atoms with Crippen molar-refractivity contribution in [3.05, 3.63) is 77.6 Å². The van der Waals surface area contributed by atoms with Gasteiger partial charge >= 0.3 is 0 Å². The fourth-order valence-corrected chi connectivity index (χ4v) is 2.83. The van der Waals surface area contributed by atoms with Gasteiger partial charge in [-0.25, -0.2) is 0 Å². The summed E-state index contributed by atoms with van der Waals surface area (Å²) in [6, 6.07) is 19.8. The molecule has 0 saturated carbocycles. The topological polar surface area (TPSA) is 64.4 Å². The summed E-state index contributed by atoms with van der Waals surface area (Å²) in [6.07, 6.45) is 1.65. The molecule has 0 saturated heterocycles. The molecule has 0 spiro atoms. The normalized spacial score (nSPS) is 10.7. The molecule has 1 N–H and O–H groups in total. The van der Waals surface area contributed by atoms with Gasteiger partial charge in [0.15, 0.2) is 0 Å². The Bertz CT molecular complexity index is 845. The zero-order valence-electron chi connectivity index (χ0n) is 15.5. The van der Waals surface area contributed by atoms with Crippen molar-refractivity contribution in [3.8, 4) is 11.3 Å². The van der Waals surface area contributed by atoms with Gasteiger partial charge in [-0.15, -0.1) is 0 Å². The summed E-state index contributed by atoms with van der Waals surface area (Å²) in [7, 11) is 0. The van der Waals surface area contributed by atoms with Gasteiger partial charge in [0.1, 0.15) is 17.0 Å². The minimum Gasteiger partial charge on any atom is -0.381 e. The lowest BCUT2D eigenvalue weighted by atomic mass is 10.1. The number of ether oxygens (including phenoxy) is 1. The molecular weight excluding hydrogens is 340 g/mol. The highest BCUT2D eigenvalue weighted by molar-refractivity contribution is 6.00. The van der Waals surface area contributed by atoms with Crippen LogP contribution in [-0.4, -0.2) is 30.8 Å². The van der Waals surface area contributed by atoms with Crippen molar-refractivity contribution in [1.82, 2.24) is 10.5 Å². The molecule has 0 aliphatic heterocycles. The molecular formula is C22H24N2O3. The number of hydrogen-bond donors (Lipinski definition) is 1. The van der Waals surface area contributed by atoms with Crippen LogP contribution in [0.15, 0.2) is 65.2 Å². The van der Waals surface area contributed by atoms with E-state index in [1.165, 1.54) is 5.56 Å². The van der Waals surface area contributed by atoms with Gasteiger partial charge in [0, 0.05) is 18.7 Å². The van der Waals surface area contributed by atoms with E-state index >= 15 is 0 Å². The molecule has 1 aromatic heterocycles. The van der Waals surface area contributed by atoms with Crippen molar-refractivity contribution >= 4 is 5.91 Å². The van der Waals surface area contributed by atoms with Crippen LogP contribution in [0.3, 0.4) is 0 Å². The highest BCUT2D eigenvalue weighted by atomic mass is 16.5. The summed E-state index contributed by atoms with van der Waals surface area (Å²) < 4.78 is 10.9. The monoisotopic (exact) mass is 364 g/mol. The number of amides is 1. The molecule has 0 aliphatic rings. The SMILES string of the molecule is Cc1onc(-c2ccccc2)c1C(=O)NCCCOCCc1ccccc1. The summed E-state index contributed by atoms with van der Waals surface area (Å²) in [5, 5.41) is 6.97. The molecule has 0 atom stereocenters. The van der Waals surface area contributed by atoms with E-state index in [4.69, 9.17) is 9.26 Å². The molecule has 2 aromatic carbocycles. The lowest BCUT2D eigenvalue weighted by Crippen LogP contribution is -2.26. The zero-order valence-corrected chi connectivity index (χ0v) is 15.5. The van der Waals surface area contributed by atoms with Gasteiger partial charge in [0.25, 0.3) is 5.91 Å². The average Bonchev–Trinajstić information content (AvgIpc) is 3.10. The van der Waals surface area contributed by atoms with Gasteiger partial charge in [-0.3, -0.25) is 4.79 Å². The van der Waals surface area contributed by atoms with E-state index in [-0.39, 0.29) is 5.91 Å². The van der Waals surface area contributed by atoms with Crippen LogP contribution in [0.25, 0.3) is 11.3 Å². The second kappa shape index (κ2) is 9.69. The third kappa shape index (κ3) is 5.28. The Morgan fingerprint density at radius 2 is 1.74 bits per heavy atom. The fraction of sp³-hybridized carbons (Fsp3) is 0.273. The standard InChI is InChI=1S/C22H24N2O3/c1-17-20(21(24-27-17)19-11-6-3-7-12-19)22(25)23-14-8-15-26-16-13-18-9-4-2-5-10-18/h2-7,9-12H,8,13-16H2,1H3,(H,23,25). The number of aromatic nitrogens is 1. The highest BCUT2D eigenvalue weighted by Gasteiger charge is 2.20. The smallest absolute Gasteiger partial charge is 0.257 e. The largest absolute Gasteiger partial charge is 0.381 e. The van der Waals surface area contributed by atoms with Crippen LogP contribution in [0.1, 0.15) is 28.1 Å². The first-order valence-electron chi connectivity index (χ1n) is 9.17.